The highest BCUT2D eigenvalue weighted by Gasteiger charge is 2.26. The van der Waals surface area contributed by atoms with E-state index < -0.39 is 5.91 Å². The van der Waals surface area contributed by atoms with Crippen molar-refractivity contribution in [3.8, 4) is 0 Å². The molecule has 3 heterocycles. The van der Waals surface area contributed by atoms with Gasteiger partial charge in [0, 0.05) is 36.8 Å². The molecule has 1 saturated heterocycles. The summed E-state index contributed by atoms with van der Waals surface area (Å²) in [7, 11) is 0. The quantitative estimate of drug-likeness (QED) is 0.842. The van der Waals surface area contributed by atoms with Crippen molar-refractivity contribution < 1.29 is 9.59 Å². The minimum Gasteiger partial charge on any atom is -0.365 e. The number of hydrogen-bond donors (Lipinski definition) is 2. The van der Waals surface area contributed by atoms with E-state index in [1.807, 2.05) is 6.07 Å². The highest BCUT2D eigenvalue weighted by atomic mass is 16.2. The van der Waals surface area contributed by atoms with Gasteiger partial charge in [0.1, 0.15) is 0 Å². The Balaban J connectivity index is 1.98. The molecule has 0 saturated carbocycles. The van der Waals surface area contributed by atoms with Crippen LogP contribution in [-0.2, 0) is 4.79 Å². The van der Waals surface area contributed by atoms with Gasteiger partial charge in [0.2, 0.25) is 5.91 Å². The van der Waals surface area contributed by atoms with Gasteiger partial charge in [-0.25, -0.2) is 0 Å². The predicted octanol–water partition coefficient (Wildman–Crippen LogP) is 1.55. The fourth-order valence-corrected chi connectivity index (χ4v) is 3.12. The number of nitrogens with one attached hydrogen (secondary N) is 1. The van der Waals surface area contributed by atoms with E-state index in [4.69, 9.17) is 5.73 Å². The molecule has 0 spiro atoms. The number of likely N-dealkylation sites (tertiary alicyclic amines) is 1. The Labute approximate surface area is 128 Å². The number of aromatic amines is 1. The molecule has 0 aromatic carbocycles. The van der Waals surface area contributed by atoms with Crippen LogP contribution in [0.3, 0.4) is 0 Å². The molecule has 0 bridgehead atoms. The molecule has 3 rings (SSSR count). The topological polar surface area (TPSA) is 92.1 Å². The van der Waals surface area contributed by atoms with Gasteiger partial charge in [0.15, 0.2) is 0 Å². The summed E-state index contributed by atoms with van der Waals surface area (Å²) in [6, 6.07) is 1.90. The number of carbonyl (C=O) groups is 2. The normalized spacial score (nSPS) is 18.4. The average Bonchev–Trinajstić information content (AvgIpc) is 3.02. The highest BCUT2D eigenvalue weighted by molar-refractivity contribution is 6.05. The van der Waals surface area contributed by atoms with Gasteiger partial charge in [-0.3, -0.25) is 14.6 Å². The number of carbonyl (C=O) groups excluding carboxylic acids is 2. The molecular weight excluding hydrogens is 280 g/mol. The van der Waals surface area contributed by atoms with E-state index >= 15 is 0 Å². The van der Waals surface area contributed by atoms with Crippen LogP contribution in [0.15, 0.2) is 31.1 Å². The van der Waals surface area contributed by atoms with Crippen LogP contribution in [0, 0.1) is 0 Å². The fraction of sp³-hybridized carbons (Fsp3) is 0.312. The number of aromatic nitrogens is 2. The summed E-state index contributed by atoms with van der Waals surface area (Å²) in [5.41, 5.74) is 7.39. The van der Waals surface area contributed by atoms with Crippen molar-refractivity contribution in [2.45, 2.75) is 18.8 Å². The maximum absolute atomic E-state index is 11.8. The Morgan fingerprint density at radius 2 is 2.32 bits per heavy atom. The first-order valence-corrected chi connectivity index (χ1v) is 7.29. The Morgan fingerprint density at radius 3 is 3.05 bits per heavy atom. The van der Waals surface area contributed by atoms with Gasteiger partial charge >= 0.3 is 0 Å². The fourth-order valence-electron chi connectivity index (χ4n) is 3.12. The third kappa shape index (κ3) is 2.36. The molecule has 6 nitrogen and oxygen atoms in total. The molecule has 1 aliphatic heterocycles. The Morgan fingerprint density at radius 1 is 1.50 bits per heavy atom. The maximum atomic E-state index is 11.8. The smallest absolute Gasteiger partial charge is 0.252 e. The van der Waals surface area contributed by atoms with Gasteiger partial charge in [-0.2, -0.15) is 0 Å². The first-order chi connectivity index (χ1) is 10.6. The lowest BCUT2D eigenvalue weighted by atomic mass is 9.92. The lowest BCUT2D eigenvalue weighted by molar-refractivity contribution is -0.127. The van der Waals surface area contributed by atoms with Crippen molar-refractivity contribution in [3.05, 3.63) is 42.4 Å². The zero-order chi connectivity index (χ0) is 15.7. The molecule has 0 radical (unpaired) electrons. The number of piperidine rings is 1. The van der Waals surface area contributed by atoms with Crippen LogP contribution in [0.4, 0.5) is 0 Å². The molecule has 1 atom stereocenters. The Kier molecular flexibility index (Phi) is 3.66. The van der Waals surface area contributed by atoms with Gasteiger partial charge in [-0.05, 0) is 25.0 Å². The molecular formula is C16H18N4O2. The third-order valence-corrected chi connectivity index (χ3v) is 4.18. The van der Waals surface area contributed by atoms with Crippen LogP contribution in [0.25, 0.3) is 10.9 Å². The van der Waals surface area contributed by atoms with E-state index in [9.17, 15) is 9.59 Å². The number of amides is 2. The molecule has 1 aliphatic rings. The van der Waals surface area contributed by atoms with Crippen molar-refractivity contribution in [1.82, 2.24) is 14.9 Å². The molecule has 22 heavy (non-hydrogen) atoms. The summed E-state index contributed by atoms with van der Waals surface area (Å²) in [6.45, 7) is 4.91. The van der Waals surface area contributed by atoms with E-state index in [-0.39, 0.29) is 11.8 Å². The standard InChI is InChI=1S/C16H18N4O2/c1-2-13(21)20-7-3-4-10(9-20)14-11-5-6-18-15(11)12(8-19-14)16(17)22/h2,5-6,8,10,18H,1,3-4,7,9H2,(H2,17,22)/t10-/m1/s1. The molecule has 114 valence electrons. The van der Waals surface area contributed by atoms with Crippen LogP contribution in [-0.4, -0.2) is 39.8 Å². The predicted molar refractivity (Wildman–Crippen MR) is 83.4 cm³/mol. The second-order valence-corrected chi connectivity index (χ2v) is 5.52. The zero-order valence-corrected chi connectivity index (χ0v) is 12.2. The first-order valence-electron chi connectivity index (χ1n) is 7.29. The lowest BCUT2D eigenvalue weighted by Gasteiger charge is -2.32. The summed E-state index contributed by atoms with van der Waals surface area (Å²) in [5.74, 6) is -0.403. The van der Waals surface area contributed by atoms with Gasteiger partial charge in [0.05, 0.1) is 16.8 Å². The van der Waals surface area contributed by atoms with Crippen LogP contribution in [0.5, 0.6) is 0 Å². The molecule has 2 amide bonds. The molecule has 6 heteroatoms. The van der Waals surface area contributed by atoms with E-state index in [0.717, 1.165) is 30.5 Å². The minimum absolute atomic E-state index is 0.0521. The number of fused-ring (bicyclic) bond motifs is 1. The number of nitrogens with two attached hydrogens (primary N) is 1. The minimum atomic E-state index is -0.501. The van der Waals surface area contributed by atoms with Crippen molar-refractivity contribution in [2.24, 2.45) is 5.73 Å². The van der Waals surface area contributed by atoms with Gasteiger partial charge in [-0.1, -0.05) is 6.58 Å². The maximum Gasteiger partial charge on any atom is 0.252 e. The Bertz CT molecular complexity index is 750. The second kappa shape index (κ2) is 5.63. The number of primary amides is 1. The number of nitrogens with zero attached hydrogens (tertiary/aromatic N) is 2. The number of hydrogen-bond acceptors (Lipinski definition) is 3. The summed E-state index contributed by atoms with van der Waals surface area (Å²) >= 11 is 0. The van der Waals surface area contributed by atoms with Crippen molar-refractivity contribution in [3.63, 3.8) is 0 Å². The molecule has 0 unspecified atom stereocenters. The zero-order valence-electron chi connectivity index (χ0n) is 12.2. The number of pyridine rings is 1. The number of H-pyrrole nitrogens is 1. The largest absolute Gasteiger partial charge is 0.365 e. The van der Waals surface area contributed by atoms with E-state index in [2.05, 4.69) is 16.5 Å². The molecule has 2 aromatic rings. The average molecular weight is 298 g/mol. The van der Waals surface area contributed by atoms with Gasteiger partial charge in [0.25, 0.3) is 5.91 Å². The number of rotatable bonds is 3. The highest BCUT2D eigenvalue weighted by Crippen LogP contribution is 2.31. The van der Waals surface area contributed by atoms with Crippen molar-refractivity contribution >= 4 is 22.7 Å². The lowest BCUT2D eigenvalue weighted by Crippen LogP contribution is -2.38. The third-order valence-electron chi connectivity index (χ3n) is 4.18. The SMILES string of the molecule is C=CC(=O)N1CCC[C@@H](c2ncc(C(N)=O)c3[nH]ccc23)C1. The molecule has 2 aromatic heterocycles. The molecule has 1 fully saturated rings. The summed E-state index contributed by atoms with van der Waals surface area (Å²) in [5, 5.41) is 0.897. The summed E-state index contributed by atoms with van der Waals surface area (Å²) in [6.07, 6.45) is 6.53. The van der Waals surface area contributed by atoms with E-state index in [0.29, 0.717) is 17.6 Å². The van der Waals surface area contributed by atoms with E-state index in [1.54, 1.807) is 11.1 Å². The first kappa shape index (κ1) is 14.3. The molecule has 0 aliphatic carbocycles. The van der Waals surface area contributed by atoms with Gasteiger partial charge in [-0.15, -0.1) is 0 Å². The molecule has 3 N–H and O–H groups in total. The summed E-state index contributed by atoms with van der Waals surface area (Å²) < 4.78 is 0. The van der Waals surface area contributed by atoms with Crippen molar-refractivity contribution in [2.75, 3.05) is 13.1 Å². The van der Waals surface area contributed by atoms with Crippen LogP contribution < -0.4 is 5.73 Å². The van der Waals surface area contributed by atoms with E-state index in [1.165, 1.54) is 12.3 Å². The van der Waals surface area contributed by atoms with Crippen LogP contribution in [0.2, 0.25) is 0 Å². The van der Waals surface area contributed by atoms with Crippen LogP contribution in [0.1, 0.15) is 34.8 Å². The second-order valence-electron chi connectivity index (χ2n) is 5.52. The Hall–Kier alpha value is -2.63. The van der Waals surface area contributed by atoms with Gasteiger partial charge < -0.3 is 15.6 Å². The monoisotopic (exact) mass is 298 g/mol. The summed E-state index contributed by atoms with van der Waals surface area (Å²) in [4.78, 5) is 32.6. The van der Waals surface area contributed by atoms with Crippen molar-refractivity contribution in [1.29, 1.82) is 0 Å². The van der Waals surface area contributed by atoms with Crippen LogP contribution >= 0.6 is 0 Å².